The molecule has 0 aromatic rings. The first kappa shape index (κ1) is 15.3. The maximum atomic E-state index is 13.0. The van der Waals surface area contributed by atoms with Crippen LogP contribution in [0.3, 0.4) is 0 Å². The average molecular weight is 293 g/mol. The van der Waals surface area contributed by atoms with E-state index in [-0.39, 0.29) is 6.04 Å². The van der Waals surface area contributed by atoms with E-state index in [0.29, 0.717) is 17.9 Å². The summed E-state index contributed by atoms with van der Waals surface area (Å²) < 4.78 is 0. The van der Waals surface area contributed by atoms with Crippen molar-refractivity contribution in [2.24, 2.45) is 11.8 Å². The number of nitrogens with one attached hydrogen (secondary N) is 1. The van der Waals surface area contributed by atoms with Crippen molar-refractivity contribution >= 4 is 5.91 Å². The molecular weight excluding hydrogens is 262 g/mol. The maximum absolute atomic E-state index is 13.0. The molecule has 0 saturated carbocycles. The Morgan fingerprint density at radius 3 is 2.48 bits per heavy atom. The number of rotatable bonds is 2. The van der Waals surface area contributed by atoms with Gasteiger partial charge in [-0.2, -0.15) is 0 Å². The molecule has 0 aliphatic carbocycles. The van der Waals surface area contributed by atoms with Gasteiger partial charge in [-0.15, -0.1) is 0 Å². The summed E-state index contributed by atoms with van der Waals surface area (Å²) in [5.41, 5.74) is 0. The van der Waals surface area contributed by atoms with Crippen LogP contribution in [0.4, 0.5) is 0 Å². The van der Waals surface area contributed by atoms with Crippen molar-refractivity contribution in [2.75, 3.05) is 32.7 Å². The summed E-state index contributed by atoms with van der Waals surface area (Å²) in [5.74, 6) is 1.83. The molecular formula is C17H31N3O. The number of hydrogen-bond donors (Lipinski definition) is 1. The summed E-state index contributed by atoms with van der Waals surface area (Å²) in [6.45, 7) is 9.91. The van der Waals surface area contributed by atoms with E-state index in [2.05, 4.69) is 29.0 Å². The van der Waals surface area contributed by atoms with Gasteiger partial charge in [0.1, 0.15) is 0 Å². The third-order valence-corrected chi connectivity index (χ3v) is 6.00. The number of carbonyl (C=O) groups is 1. The minimum atomic E-state index is 0.175. The molecule has 1 N–H and O–H groups in total. The van der Waals surface area contributed by atoms with Gasteiger partial charge in [-0.05, 0) is 63.6 Å². The van der Waals surface area contributed by atoms with Crippen molar-refractivity contribution in [3.63, 3.8) is 0 Å². The molecule has 3 saturated heterocycles. The fourth-order valence-corrected chi connectivity index (χ4v) is 4.30. The van der Waals surface area contributed by atoms with E-state index < -0.39 is 0 Å². The predicted molar refractivity (Wildman–Crippen MR) is 85.1 cm³/mol. The molecule has 3 heterocycles. The van der Waals surface area contributed by atoms with Crippen LogP contribution in [0.2, 0.25) is 0 Å². The molecule has 3 fully saturated rings. The highest BCUT2D eigenvalue weighted by molar-refractivity contribution is 5.82. The van der Waals surface area contributed by atoms with Crippen molar-refractivity contribution in [2.45, 2.75) is 58.0 Å². The first-order chi connectivity index (χ1) is 10.2. The van der Waals surface area contributed by atoms with Crippen LogP contribution >= 0.6 is 0 Å². The molecule has 3 unspecified atom stereocenters. The van der Waals surface area contributed by atoms with E-state index in [4.69, 9.17) is 0 Å². The van der Waals surface area contributed by atoms with Gasteiger partial charge in [0.05, 0.1) is 6.04 Å². The van der Waals surface area contributed by atoms with E-state index in [9.17, 15) is 4.79 Å². The summed E-state index contributed by atoms with van der Waals surface area (Å²) in [6, 6.07) is 0.803. The molecule has 0 bridgehead atoms. The lowest BCUT2D eigenvalue weighted by atomic mass is 9.88. The van der Waals surface area contributed by atoms with Crippen LogP contribution in [0.5, 0.6) is 0 Å². The summed E-state index contributed by atoms with van der Waals surface area (Å²) in [7, 11) is 0. The highest BCUT2D eigenvalue weighted by Crippen LogP contribution is 2.28. The predicted octanol–water partition coefficient (Wildman–Crippen LogP) is 1.71. The lowest BCUT2D eigenvalue weighted by molar-refractivity contribution is -0.139. The SMILES string of the molecule is CC1CCN(C(=O)C2CCCN2C2CCNCC2)CC1C. The Balaban J connectivity index is 1.62. The van der Waals surface area contributed by atoms with Gasteiger partial charge in [0.15, 0.2) is 0 Å². The van der Waals surface area contributed by atoms with Crippen molar-refractivity contribution < 1.29 is 4.79 Å². The van der Waals surface area contributed by atoms with Gasteiger partial charge < -0.3 is 10.2 Å². The van der Waals surface area contributed by atoms with E-state index in [0.717, 1.165) is 45.1 Å². The molecule has 3 atom stereocenters. The summed E-state index contributed by atoms with van der Waals surface area (Å²) in [4.78, 5) is 17.7. The maximum Gasteiger partial charge on any atom is 0.239 e. The van der Waals surface area contributed by atoms with Gasteiger partial charge in [-0.1, -0.05) is 13.8 Å². The van der Waals surface area contributed by atoms with E-state index >= 15 is 0 Å². The van der Waals surface area contributed by atoms with Crippen LogP contribution in [0.25, 0.3) is 0 Å². The number of piperidine rings is 2. The number of likely N-dealkylation sites (tertiary alicyclic amines) is 2. The third kappa shape index (κ3) is 3.26. The molecule has 3 aliphatic heterocycles. The van der Waals surface area contributed by atoms with Crippen LogP contribution in [0, 0.1) is 11.8 Å². The monoisotopic (exact) mass is 293 g/mol. The molecule has 0 aromatic carbocycles. The van der Waals surface area contributed by atoms with Gasteiger partial charge in [0.25, 0.3) is 0 Å². The molecule has 3 rings (SSSR count). The summed E-state index contributed by atoms with van der Waals surface area (Å²) in [6.07, 6.45) is 5.85. The van der Waals surface area contributed by atoms with Crippen LogP contribution in [0.15, 0.2) is 0 Å². The summed E-state index contributed by atoms with van der Waals surface area (Å²) >= 11 is 0. The minimum absolute atomic E-state index is 0.175. The largest absolute Gasteiger partial charge is 0.341 e. The van der Waals surface area contributed by atoms with Crippen LogP contribution in [-0.4, -0.2) is 60.5 Å². The summed E-state index contributed by atoms with van der Waals surface area (Å²) in [5, 5.41) is 3.43. The Morgan fingerprint density at radius 2 is 1.76 bits per heavy atom. The molecule has 120 valence electrons. The number of hydrogen-bond acceptors (Lipinski definition) is 3. The zero-order valence-corrected chi connectivity index (χ0v) is 13.7. The molecule has 4 heteroatoms. The van der Waals surface area contributed by atoms with E-state index in [1.807, 2.05) is 0 Å². The van der Waals surface area contributed by atoms with E-state index in [1.54, 1.807) is 0 Å². The van der Waals surface area contributed by atoms with Gasteiger partial charge in [-0.25, -0.2) is 0 Å². The molecule has 0 spiro atoms. The fraction of sp³-hybridized carbons (Fsp3) is 0.941. The Bertz CT molecular complexity index is 367. The van der Waals surface area contributed by atoms with Crippen molar-refractivity contribution in [1.82, 2.24) is 15.1 Å². The number of amides is 1. The second-order valence-corrected chi connectivity index (χ2v) is 7.40. The molecule has 0 radical (unpaired) electrons. The quantitative estimate of drug-likeness (QED) is 0.842. The Hall–Kier alpha value is -0.610. The Labute approximate surface area is 129 Å². The Kier molecular flexibility index (Phi) is 4.85. The van der Waals surface area contributed by atoms with Crippen LogP contribution in [0.1, 0.15) is 46.0 Å². The zero-order valence-electron chi connectivity index (χ0n) is 13.7. The number of carbonyl (C=O) groups excluding carboxylic acids is 1. The average Bonchev–Trinajstić information content (AvgIpc) is 2.99. The van der Waals surface area contributed by atoms with Gasteiger partial charge in [-0.3, -0.25) is 9.69 Å². The zero-order chi connectivity index (χ0) is 14.8. The third-order valence-electron chi connectivity index (χ3n) is 6.00. The van der Waals surface area contributed by atoms with Gasteiger partial charge in [0.2, 0.25) is 5.91 Å². The Morgan fingerprint density at radius 1 is 1.00 bits per heavy atom. The molecule has 3 aliphatic rings. The smallest absolute Gasteiger partial charge is 0.239 e. The van der Waals surface area contributed by atoms with Crippen molar-refractivity contribution in [1.29, 1.82) is 0 Å². The van der Waals surface area contributed by atoms with Crippen molar-refractivity contribution in [3.8, 4) is 0 Å². The topological polar surface area (TPSA) is 35.6 Å². The van der Waals surface area contributed by atoms with Gasteiger partial charge >= 0.3 is 0 Å². The highest BCUT2D eigenvalue weighted by atomic mass is 16.2. The molecule has 4 nitrogen and oxygen atoms in total. The normalized spacial score (nSPS) is 36.1. The van der Waals surface area contributed by atoms with Crippen LogP contribution < -0.4 is 5.32 Å². The first-order valence-corrected chi connectivity index (χ1v) is 8.92. The second-order valence-electron chi connectivity index (χ2n) is 7.40. The lowest BCUT2D eigenvalue weighted by Crippen LogP contribution is -2.53. The molecule has 1 amide bonds. The molecule has 0 aromatic heterocycles. The molecule has 21 heavy (non-hydrogen) atoms. The van der Waals surface area contributed by atoms with Crippen molar-refractivity contribution in [3.05, 3.63) is 0 Å². The fourth-order valence-electron chi connectivity index (χ4n) is 4.30. The second kappa shape index (κ2) is 6.66. The first-order valence-electron chi connectivity index (χ1n) is 8.92. The highest BCUT2D eigenvalue weighted by Gasteiger charge is 2.39. The standard InChI is InChI=1S/C17H31N3O/c1-13-7-11-19(12-14(13)2)17(21)16-4-3-10-20(16)15-5-8-18-9-6-15/h13-16,18H,3-12H2,1-2H3. The van der Waals surface area contributed by atoms with Gasteiger partial charge in [0, 0.05) is 19.1 Å². The number of nitrogens with zero attached hydrogens (tertiary/aromatic N) is 2. The van der Waals surface area contributed by atoms with E-state index in [1.165, 1.54) is 25.7 Å². The lowest BCUT2D eigenvalue weighted by Gasteiger charge is -2.40. The van der Waals surface area contributed by atoms with Crippen LogP contribution in [-0.2, 0) is 4.79 Å². The minimum Gasteiger partial charge on any atom is -0.341 e.